The van der Waals surface area contributed by atoms with Crippen molar-refractivity contribution in [1.29, 1.82) is 0 Å². The highest BCUT2D eigenvalue weighted by molar-refractivity contribution is 7.93. The number of anilines is 1. The minimum atomic E-state index is -4.23. The largest absolute Gasteiger partial charge is 0.495 e. The Balaban J connectivity index is 1.41. The summed E-state index contributed by atoms with van der Waals surface area (Å²) < 4.78 is 40.2. The van der Waals surface area contributed by atoms with Crippen molar-refractivity contribution in [3.63, 3.8) is 0 Å². The van der Waals surface area contributed by atoms with Crippen molar-refractivity contribution in [2.24, 2.45) is 0 Å². The third-order valence-electron chi connectivity index (χ3n) is 7.85. The van der Waals surface area contributed by atoms with Gasteiger partial charge in [0.1, 0.15) is 22.9 Å². The van der Waals surface area contributed by atoms with Gasteiger partial charge in [0.2, 0.25) is 5.91 Å². The van der Waals surface area contributed by atoms with E-state index in [9.17, 15) is 13.2 Å². The molecule has 0 N–H and O–H groups in total. The van der Waals surface area contributed by atoms with Crippen molar-refractivity contribution in [2.75, 3.05) is 51.2 Å². The number of carbonyl (C=O) groups excluding carboxylic acids is 1. The second-order valence-electron chi connectivity index (χ2n) is 10.6. The summed E-state index contributed by atoms with van der Waals surface area (Å²) in [4.78, 5) is 17.9. The van der Waals surface area contributed by atoms with Crippen LogP contribution in [0.5, 0.6) is 11.5 Å². The summed E-state index contributed by atoms with van der Waals surface area (Å²) >= 11 is 6.41. The second-order valence-corrected chi connectivity index (χ2v) is 12.9. The molecule has 0 unspecified atom stereocenters. The van der Waals surface area contributed by atoms with Crippen molar-refractivity contribution in [2.45, 2.75) is 17.9 Å². The van der Waals surface area contributed by atoms with Gasteiger partial charge in [-0.2, -0.15) is 0 Å². The quantitative estimate of drug-likeness (QED) is 0.220. The number of hydrogen-bond acceptors (Lipinski definition) is 6. The van der Waals surface area contributed by atoms with Gasteiger partial charge in [-0.3, -0.25) is 14.0 Å². The van der Waals surface area contributed by atoms with Gasteiger partial charge in [0.15, 0.2) is 0 Å². The molecule has 1 heterocycles. The number of methoxy groups -OCH3 is 2. The molecular weight excluding hydrogens is 598 g/mol. The van der Waals surface area contributed by atoms with Gasteiger partial charge in [-0.05, 0) is 53.9 Å². The standard InChI is InChI=1S/C34H36ClN3O5S/c1-25-14-16-31(43-3)32(22-25)44(40,41)38(28-15-17-30(42-2)29(35)23-28)24-33(39)36-18-20-37(21-19-36)34(26-10-6-4-7-11-26)27-12-8-5-9-13-27/h4-17,22-23,34H,18-21,24H2,1-3H3. The second kappa shape index (κ2) is 13.7. The van der Waals surface area contributed by atoms with Crippen LogP contribution in [0.25, 0.3) is 0 Å². The Hall–Kier alpha value is -4.05. The molecule has 4 aromatic rings. The highest BCUT2D eigenvalue weighted by Crippen LogP contribution is 2.35. The summed E-state index contributed by atoms with van der Waals surface area (Å²) in [5.74, 6) is 0.284. The summed E-state index contributed by atoms with van der Waals surface area (Å²) in [5, 5.41) is 0.232. The van der Waals surface area contributed by atoms with Gasteiger partial charge in [0, 0.05) is 26.2 Å². The van der Waals surface area contributed by atoms with E-state index < -0.39 is 16.6 Å². The maximum Gasteiger partial charge on any atom is 0.268 e. The number of rotatable bonds is 10. The molecule has 1 saturated heterocycles. The van der Waals surface area contributed by atoms with Crippen LogP contribution in [-0.4, -0.2) is 71.1 Å². The average Bonchev–Trinajstić information content (AvgIpc) is 3.05. The first kappa shape index (κ1) is 31.4. The summed E-state index contributed by atoms with van der Waals surface area (Å²) in [6, 6.07) is 30.3. The molecule has 0 aromatic heterocycles. The van der Waals surface area contributed by atoms with E-state index in [1.54, 1.807) is 42.2 Å². The zero-order valence-corrected chi connectivity index (χ0v) is 26.6. The topological polar surface area (TPSA) is 79.4 Å². The van der Waals surface area contributed by atoms with Crippen molar-refractivity contribution < 1.29 is 22.7 Å². The van der Waals surface area contributed by atoms with Gasteiger partial charge in [0.25, 0.3) is 10.0 Å². The summed E-state index contributed by atoms with van der Waals surface area (Å²) in [7, 11) is -1.33. The van der Waals surface area contributed by atoms with Crippen LogP contribution in [0, 0.1) is 6.92 Å². The lowest BCUT2D eigenvalue weighted by atomic mass is 9.96. The summed E-state index contributed by atoms with van der Waals surface area (Å²) in [5.41, 5.74) is 3.35. The zero-order chi connectivity index (χ0) is 31.3. The van der Waals surface area contributed by atoms with Crippen LogP contribution in [0.2, 0.25) is 5.02 Å². The first-order chi connectivity index (χ1) is 21.2. The molecule has 0 atom stereocenters. The highest BCUT2D eigenvalue weighted by atomic mass is 35.5. The van der Waals surface area contributed by atoms with Crippen molar-refractivity contribution in [3.05, 3.63) is 119 Å². The van der Waals surface area contributed by atoms with Crippen LogP contribution in [0.4, 0.5) is 5.69 Å². The lowest BCUT2D eigenvalue weighted by Crippen LogP contribution is -2.52. The van der Waals surface area contributed by atoms with Gasteiger partial charge >= 0.3 is 0 Å². The zero-order valence-electron chi connectivity index (χ0n) is 25.0. The van der Waals surface area contributed by atoms with Gasteiger partial charge in [-0.1, -0.05) is 78.3 Å². The lowest BCUT2D eigenvalue weighted by molar-refractivity contribution is -0.131. The number of sulfonamides is 1. The molecule has 1 amide bonds. The molecule has 4 aromatic carbocycles. The molecule has 1 aliphatic heterocycles. The first-order valence-corrected chi connectivity index (χ1v) is 16.2. The minimum Gasteiger partial charge on any atom is -0.495 e. The van der Waals surface area contributed by atoms with E-state index in [-0.39, 0.29) is 33.3 Å². The van der Waals surface area contributed by atoms with Gasteiger partial charge in [0.05, 0.1) is 31.0 Å². The van der Waals surface area contributed by atoms with Gasteiger partial charge in [-0.25, -0.2) is 8.42 Å². The number of aryl methyl sites for hydroxylation is 1. The smallest absolute Gasteiger partial charge is 0.268 e. The number of amides is 1. The van der Waals surface area contributed by atoms with Gasteiger partial charge in [-0.15, -0.1) is 0 Å². The van der Waals surface area contributed by atoms with Crippen LogP contribution in [-0.2, 0) is 14.8 Å². The van der Waals surface area contributed by atoms with Crippen LogP contribution in [0.3, 0.4) is 0 Å². The maximum atomic E-state index is 14.2. The van der Waals surface area contributed by atoms with E-state index in [2.05, 4.69) is 29.2 Å². The summed E-state index contributed by atoms with van der Waals surface area (Å²) in [6.07, 6.45) is 0. The Morgan fingerprint density at radius 2 is 1.39 bits per heavy atom. The number of halogens is 1. The fourth-order valence-corrected chi connectivity index (χ4v) is 7.47. The Bertz CT molecular complexity index is 1660. The number of piperazine rings is 1. The maximum absolute atomic E-state index is 14.2. The Morgan fingerprint density at radius 3 is 1.93 bits per heavy atom. The number of benzene rings is 4. The molecule has 44 heavy (non-hydrogen) atoms. The number of carbonyl (C=O) groups is 1. The molecule has 10 heteroatoms. The predicted molar refractivity (Wildman–Crippen MR) is 173 cm³/mol. The molecule has 0 radical (unpaired) electrons. The highest BCUT2D eigenvalue weighted by Gasteiger charge is 2.34. The average molecular weight is 634 g/mol. The normalized spacial score (nSPS) is 14.0. The van der Waals surface area contributed by atoms with Crippen molar-refractivity contribution in [1.82, 2.24) is 9.80 Å². The van der Waals surface area contributed by atoms with E-state index >= 15 is 0 Å². The fourth-order valence-electron chi connectivity index (χ4n) is 5.57. The SMILES string of the molecule is COc1ccc(N(CC(=O)N2CCN(C(c3ccccc3)c3ccccc3)CC2)S(=O)(=O)c2cc(C)ccc2OC)cc1Cl. The monoisotopic (exact) mass is 633 g/mol. The summed E-state index contributed by atoms with van der Waals surface area (Å²) in [6.45, 7) is 3.58. The van der Waals surface area contributed by atoms with E-state index in [0.717, 1.165) is 9.87 Å². The molecular formula is C34H36ClN3O5S. The first-order valence-electron chi connectivity index (χ1n) is 14.4. The van der Waals surface area contributed by atoms with E-state index in [1.807, 2.05) is 36.4 Å². The van der Waals surface area contributed by atoms with E-state index in [0.29, 0.717) is 31.9 Å². The molecule has 5 rings (SSSR count). The van der Waals surface area contributed by atoms with Crippen molar-refractivity contribution >= 4 is 33.2 Å². The molecule has 8 nitrogen and oxygen atoms in total. The third-order valence-corrected chi connectivity index (χ3v) is 9.94. The number of ether oxygens (including phenoxy) is 2. The molecule has 0 spiro atoms. The van der Waals surface area contributed by atoms with Crippen LogP contribution < -0.4 is 13.8 Å². The molecule has 0 aliphatic carbocycles. The van der Waals surface area contributed by atoms with Crippen molar-refractivity contribution in [3.8, 4) is 11.5 Å². The van der Waals surface area contributed by atoms with Crippen LogP contribution >= 0.6 is 11.6 Å². The third kappa shape index (κ3) is 6.70. The Morgan fingerprint density at radius 1 is 0.818 bits per heavy atom. The lowest BCUT2D eigenvalue weighted by Gasteiger charge is -2.40. The predicted octanol–water partition coefficient (Wildman–Crippen LogP) is 5.79. The van der Waals surface area contributed by atoms with Crippen LogP contribution in [0.15, 0.2) is 102 Å². The Kier molecular flexibility index (Phi) is 9.78. The molecule has 0 saturated carbocycles. The number of nitrogens with zero attached hydrogens (tertiary/aromatic N) is 3. The van der Waals surface area contributed by atoms with E-state index in [1.165, 1.54) is 31.4 Å². The Labute approximate surface area is 264 Å². The van der Waals surface area contributed by atoms with Crippen LogP contribution in [0.1, 0.15) is 22.7 Å². The molecule has 1 fully saturated rings. The number of hydrogen-bond donors (Lipinski definition) is 0. The van der Waals surface area contributed by atoms with E-state index in [4.69, 9.17) is 21.1 Å². The van der Waals surface area contributed by atoms with Gasteiger partial charge < -0.3 is 14.4 Å². The molecule has 230 valence electrons. The molecule has 1 aliphatic rings. The molecule has 0 bridgehead atoms. The minimum absolute atomic E-state index is 0.0295. The fraction of sp³-hybridized carbons (Fsp3) is 0.265.